The summed E-state index contributed by atoms with van der Waals surface area (Å²) in [6, 6.07) is 10.1. The molecule has 4 heteroatoms. The number of hydrogen-bond donors (Lipinski definition) is 1. The lowest BCUT2D eigenvalue weighted by molar-refractivity contribution is 0.0140. The molecule has 0 saturated carbocycles. The molecule has 2 aliphatic heterocycles. The van der Waals surface area contributed by atoms with Gasteiger partial charge < -0.3 is 9.84 Å². The van der Waals surface area contributed by atoms with Crippen molar-refractivity contribution in [3.05, 3.63) is 48.3 Å². The molecule has 0 unspecified atom stereocenters. The van der Waals surface area contributed by atoms with E-state index in [1.54, 1.807) is 12.4 Å². The van der Waals surface area contributed by atoms with E-state index in [0.29, 0.717) is 6.61 Å². The molecule has 2 atom stereocenters. The van der Waals surface area contributed by atoms with Crippen molar-refractivity contribution in [1.82, 2.24) is 9.88 Å². The van der Waals surface area contributed by atoms with E-state index in [2.05, 4.69) is 9.88 Å². The smallest absolute Gasteiger partial charge is 0.125 e. The predicted molar refractivity (Wildman–Crippen MR) is 84.7 cm³/mol. The zero-order valence-corrected chi connectivity index (χ0v) is 12.5. The van der Waals surface area contributed by atoms with Crippen LogP contribution in [0, 0.1) is 0 Å². The highest BCUT2D eigenvalue weighted by molar-refractivity contribution is 5.66. The first-order valence-electron chi connectivity index (χ1n) is 7.92. The van der Waals surface area contributed by atoms with Gasteiger partial charge in [0.05, 0.1) is 6.04 Å². The molecule has 1 saturated heterocycles. The molecule has 1 aromatic heterocycles. The van der Waals surface area contributed by atoms with E-state index >= 15 is 0 Å². The summed E-state index contributed by atoms with van der Waals surface area (Å²) in [6.45, 7) is 2.69. The third kappa shape index (κ3) is 2.38. The van der Waals surface area contributed by atoms with Crippen molar-refractivity contribution in [3.8, 4) is 16.9 Å². The van der Waals surface area contributed by atoms with Gasteiger partial charge >= 0.3 is 0 Å². The lowest BCUT2D eigenvalue weighted by Gasteiger charge is -2.36. The van der Waals surface area contributed by atoms with Crippen LogP contribution >= 0.6 is 0 Å². The van der Waals surface area contributed by atoms with Gasteiger partial charge in [-0.2, -0.15) is 0 Å². The van der Waals surface area contributed by atoms with Crippen LogP contribution in [0.5, 0.6) is 5.75 Å². The Labute approximate surface area is 130 Å². The molecule has 0 aliphatic carbocycles. The van der Waals surface area contributed by atoms with Gasteiger partial charge in [0, 0.05) is 18.0 Å². The molecule has 1 aromatic carbocycles. The molecule has 2 aliphatic rings. The van der Waals surface area contributed by atoms with E-state index in [1.807, 2.05) is 30.3 Å². The molecule has 0 spiro atoms. The molecule has 0 bridgehead atoms. The Morgan fingerprint density at radius 2 is 1.82 bits per heavy atom. The summed E-state index contributed by atoms with van der Waals surface area (Å²) in [7, 11) is 0. The average molecular weight is 296 g/mol. The fourth-order valence-corrected chi connectivity index (χ4v) is 3.48. The van der Waals surface area contributed by atoms with Gasteiger partial charge in [0.1, 0.15) is 18.5 Å². The number of ether oxygens (including phenoxy) is 1. The van der Waals surface area contributed by atoms with E-state index in [0.717, 1.165) is 35.5 Å². The molecule has 0 radical (unpaired) electrons. The maximum Gasteiger partial charge on any atom is 0.125 e. The Hall–Kier alpha value is -1.91. The summed E-state index contributed by atoms with van der Waals surface area (Å²) in [5.74, 6) is 0.803. The van der Waals surface area contributed by atoms with Gasteiger partial charge in [0.25, 0.3) is 0 Å². The maximum atomic E-state index is 10.7. The summed E-state index contributed by atoms with van der Waals surface area (Å²) in [4.78, 5) is 6.40. The molecular formula is C18H20N2O2. The maximum absolute atomic E-state index is 10.7. The first kappa shape index (κ1) is 13.7. The SMILES string of the molecule is O[C@@H]1c2ccc(-c3ccncc3)cc2OC[C@H]1N1CCCC1. The number of likely N-dealkylation sites (tertiary alicyclic amines) is 1. The van der Waals surface area contributed by atoms with Crippen molar-refractivity contribution in [1.29, 1.82) is 0 Å². The second kappa shape index (κ2) is 5.71. The number of nitrogens with zero attached hydrogens (tertiary/aromatic N) is 2. The molecule has 114 valence electrons. The minimum atomic E-state index is -0.464. The number of rotatable bonds is 2. The summed E-state index contributed by atoms with van der Waals surface area (Å²) in [5, 5.41) is 10.7. The fourth-order valence-electron chi connectivity index (χ4n) is 3.48. The van der Waals surface area contributed by atoms with Crippen LogP contribution < -0.4 is 4.74 Å². The van der Waals surface area contributed by atoms with Crippen molar-refractivity contribution >= 4 is 0 Å². The molecule has 0 amide bonds. The first-order chi connectivity index (χ1) is 10.8. The number of aromatic nitrogens is 1. The van der Waals surface area contributed by atoms with E-state index in [1.165, 1.54) is 12.8 Å². The molecular weight excluding hydrogens is 276 g/mol. The minimum Gasteiger partial charge on any atom is -0.491 e. The quantitative estimate of drug-likeness (QED) is 0.925. The lowest BCUT2D eigenvalue weighted by atomic mass is 9.95. The molecule has 2 aromatic rings. The first-order valence-corrected chi connectivity index (χ1v) is 7.92. The summed E-state index contributed by atoms with van der Waals surface area (Å²) in [5.41, 5.74) is 3.10. The molecule has 3 heterocycles. The van der Waals surface area contributed by atoms with Crippen LogP contribution in [0.1, 0.15) is 24.5 Å². The van der Waals surface area contributed by atoms with Gasteiger partial charge in [-0.15, -0.1) is 0 Å². The van der Waals surface area contributed by atoms with E-state index in [9.17, 15) is 5.11 Å². The average Bonchev–Trinajstić information content (AvgIpc) is 3.10. The Bertz CT molecular complexity index is 653. The molecule has 4 nitrogen and oxygen atoms in total. The van der Waals surface area contributed by atoms with E-state index in [-0.39, 0.29) is 6.04 Å². The monoisotopic (exact) mass is 296 g/mol. The summed E-state index contributed by atoms with van der Waals surface area (Å²) < 4.78 is 5.96. The largest absolute Gasteiger partial charge is 0.491 e. The van der Waals surface area contributed by atoms with Crippen LogP contribution in [-0.2, 0) is 0 Å². The van der Waals surface area contributed by atoms with Gasteiger partial charge in [0.2, 0.25) is 0 Å². The Morgan fingerprint density at radius 1 is 1.05 bits per heavy atom. The van der Waals surface area contributed by atoms with Gasteiger partial charge in [-0.25, -0.2) is 0 Å². The van der Waals surface area contributed by atoms with Crippen molar-refractivity contribution in [2.24, 2.45) is 0 Å². The number of hydrogen-bond acceptors (Lipinski definition) is 4. The highest BCUT2D eigenvalue weighted by Gasteiger charge is 2.34. The summed E-state index contributed by atoms with van der Waals surface area (Å²) in [6.07, 6.45) is 5.55. The Kier molecular flexibility index (Phi) is 3.56. The molecule has 1 fully saturated rings. The minimum absolute atomic E-state index is 0.0850. The Morgan fingerprint density at radius 3 is 2.59 bits per heavy atom. The molecule has 4 rings (SSSR count). The second-order valence-corrected chi connectivity index (χ2v) is 6.05. The highest BCUT2D eigenvalue weighted by atomic mass is 16.5. The third-order valence-electron chi connectivity index (χ3n) is 4.73. The van der Waals surface area contributed by atoms with Crippen LogP contribution in [0.3, 0.4) is 0 Å². The topological polar surface area (TPSA) is 45.6 Å². The number of fused-ring (bicyclic) bond motifs is 1. The summed E-state index contributed by atoms with van der Waals surface area (Å²) >= 11 is 0. The zero-order chi connectivity index (χ0) is 14.9. The van der Waals surface area contributed by atoms with Crippen molar-refractivity contribution < 1.29 is 9.84 Å². The van der Waals surface area contributed by atoms with Crippen LogP contribution in [0.4, 0.5) is 0 Å². The number of pyridine rings is 1. The lowest BCUT2D eigenvalue weighted by Crippen LogP contribution is -2.44. The van der Waals surface area contributed by atoms with Gasteiger partial charge in [-0.1, -0.05) is 12.1 Å². The Balaban J connectivity index is 1.63. The van der Waals surface area contributed by atoms with Crippen molar-refractivity contribution in [2.45, 2.75) is 25.0 Å². The van der Waals surface area contributed by atoms with Crippen LogP contribution in [0.2, 0.25) is 0 Å². The normalized spacial score (nSPS) is 24.8. The van der Waals surface area contributed by atoms with Gasteiger partial charge in [-0.05, 0) is 55.3 Å². The standard InChI is InChI=1S/C18H20N2O2/c21-18-15-4-3-14(13-5-7-19-8-6-13)11-17(15)22-12-16(18)20-9-1-2-10-20/h3-8,11,16,18,21H,1-2,9-10,12H2/t16-,18-/m1/s1. The number of aliphatic hydroxyl groups excluding tert-OH is 1. The second-order valence-electron chi connectivity index (χ2n) is 6.05. The van der Waals surface area contributed by atoms with Crippen LogP contribution in [0.15, 0.2) is 42.7 Å². The van der Waals surface area contributed by atoms with Crippen LogP contribution in [0.25, 0.3) is 11.1 Å². The zero-order valence-electron chi connectivity index (χ0n) is 12.5. The van der Waals surface area contributed by atoms with Crippen LogP contribution in [-0.4, -0.2) is 40.7 Å². The number of aliphatic hydroxyl groups is 1. The predicted octanol–water partition coefficient (Wildman–Crippen LogP) is 2.64. The van der Waals surface area contributed by atoms with Gasteiger partial charge in [-0.3, -0.25) is 9.88 Å². The fraction of sp³-hybridized carbons (Fsp3) is 0.389. The molecule has 22 heavy (non-hydrogen) atoms. The van der Waals surface area contributed by atoms with Crippen molar-refractivity contribution in [3.63, 3.8) is 0 Å². The molecule has 1 N–H and O–H groups in total. The van der Waals surface area contributed by atoms with E-state index < -0.39 is 6.10 Å². The highest BCUT2D eigenvalue weighted by Crippen LogP contribution is 2.37. The van der Waals surface area contributed by atoms with Crippen molar-refractivity contribution in [2.75, 3.05) is 19.7 Å². The third-order valence-corrected chi connectivity index (χ3v) is 4.73. The van der Waals surface area contributed by atoms with E-state index in [4.69, 9.17) is 4.74 Å². The number of benzene rings is 1. The van der Waals surface area contributed by atoms with Gasteiger partial charge in [0.15, 0.2) is 0 Å².